The van der Waals surface area contributed by atoms with E-state index < -0.39 is 29.0 Å². The first kappa shape index (κ1) is 36.7. The van der Waals surface area contributed by atoms with E-state index >= 15 is 0 Å². The van der Waals surface area contributed by atoms with E-state index in [1.54, 1.807) is 16.4 Å². The van der Waals surface area contributed by atoms with Gasteiger partial charge in [0.15, 0.2) is 17.3 Å². The number of nitrogens with one attached hydrogen (secondary N) is 1. The zero-order chi connectivity index (χ0) is 37.4. The van der Waals surface area contributed by atoms with Crippen LogP contribution in [-0.4, -0.2) is 77.3 Å². The van der Waals surface area contributed by atoms with E-state index in [9.17, 15) is 32.7 Å². The first-order valence-corrected chi connectivity index (χ1v) is 17.4. The van der Waals surface area contributed by atoms with Crippen molar-refractivity contribution in [3.05, 3.63) is 80.6 Å². The summed E-state index contributed by atoms with van der Waals surface area (Å²) in [4.78, 5) is 55.7. The average molecular weight is 723 g/mol. The summed E-state index contributed by atoms with van der Waals surface area (Å²) in [5.74, 6) is -0.648. The Morgan fingerprint density at radius 1 is 1.08 bits per heavy atom. The Morgan fingerprint density at radius 3 is 2.50 bits per heavy atom. The Hall–Kier alpha value is -5.12. The first-order chi connectivity index (χ1) is 24.9. The Kier molecular flexibility index (Phi) is 10.2. The van der Waals surface area contributed by atoms with Gasteiger partial charge in [-0.2, -0.15) is 22.7 Å². The molecule has 3 aliphatic rings. The third-order valence-electron chi connectivity index (χ3n) is 10.0. The summed E-state index contributed by atoms with van der Waals surface area (Å²) in [6, 6.07) is 3.13. The number of fused-ring (bicyclic) bond motifs is 3. The van der Waals surface area contributed by atoms with E-state index in [1.807, 2.05) is 19.9 Å². The van der Waals surface area contributed by atoms with E-state index in [4.69, 9.17) is 9.72 Å². The Morgan fingerprint density at radius 2 is 1.83 bits per heavy atom. The third-order valence-corrected chi connectivity index (χ3v) is 10.0. The number of hydrogen-bond donors (Lipinski definition) is 2. The molecular weight excluding hydrogens is 681 g/mol. The molecule has 1 aromatic carbocycles. The van der Waals surface area contributed by atoms with Gasteiger partial charge < -0.3 is 24.6 Å². The molecule has 0 radical (unpaired) electrons. The zero-order valence-corrected chi connectivity index (χ0v) is 29.5. The van der Waals surface area contributed by atoms with Crippen LogP contribution in [0, 0.1) is 13.8 Å². The molecule has 52 heavy (non-hydrogen) atoms. The van der Waals surface area contributed by atoms with Crippen molar-refractivity contribution in [2.24, 2.45) is 0 Å². The van der Waals surface area contributed by atoms with Crippen LogP contribution < -0.4 is 10.9 Å². The monoisotopic (exact) mass is 722 g/mol. The second-order valence-electron chi connectivity index (χ2n) is 13.1. The highest BCUT2D eigenvalue weighted by Crippen LogP contribution is 2.44. The van der Waals surface area contributed by atoms with E-state index in [-0.39, 0.29) is 40.6 Å². The minimum atomic E-state index is -4.52. The van der Waals surface area contributed by atoms with Crippen LogP contribution in [0.5, 0.6) is 5.75 Å². The predicted molar refractivity (Wildman–Crippen MR) is 185 cm³/mol. The molecule has 16 heteroatoms. The normalized spacial score (nSPS) is 16.9. The lowest BCUT2D eigenvalue weighted by atomic mass is 9.66. The molecule has 0 unspecified atom stereocenters. The fraction of sp³-hybridized carbons (Fsp3) is 0.472. The molecule has 2 amide bonds. The minimum Gasteiger partial charge on any atom is -0.504 e. The van der Waals surface area contributed by atoms with Crippen LogP contribution in [0.25, 0.3) is 11.4 Å². The largest absolute Gasteiger partial charge is 0.504 e. The number of aromatic nitrogens is 6. The number of aromatic hydroxyl groups is 1. The van der Waals surface area contributed by atoms with E-state index in [0.29, 0.717) is 87.6 Å². The van der Waals surface area contributed by atoms with Gasteiger partial charge in [-0.1, -0.05) is 19.9 Å². The maximum absolute atomic E-state index is 14.4. The number of ether oxygens (including phenoxy) is 1. The van der Waals surface area contributed by atoms with Crippen LogP contribution in [0.1, 0.15) is 90.3 Å². The van der Waals surface area contributed by atoms with Gasteiger partial charge in [-0.05, 0) is 81.7 Å². The van der Waals surface area contributed by atoms with Crippen molar-refractivity contribution in [1.82, 2.24) is 34.0 Å². The fourth-order valence-corrected chi connectivity index (χ4v) is 7.37. The summed E-state index contributed by atoms with van der Waals surface area (Å²) in [7, 11) is 0. The molecule has 7 rings (SSSR count). The second-order valence-corrected chi connectivity index (χ2v) is 13.1. The molecule has 1 spiro atoms. The number of likely N-dealkylation sites (tertiary alicyclic amines) is 1. The summed E-state index contributed by atoms with van der Waals surface area (Å²) in [5.41, 5.74) is 0.937. The molecule has 1 fully saturated rings. The van der Waals surface area contributed by atoms with Gasteiger partial charge in [-0.25, -0.2) is 9.97 Å². The van der Waals surface area contributed by atoms with Gasteiger partial charge in [0.2, 0.25) is 11.7 Å². The molecule has 5 heterocycles. The Bertz CT molecular complexity index is 2120. The zero-order valence-electron chi connectivity index (χ0n) is 29.5. The molecule has 4 aromatic rings. The number of anilines is 1. The molecule has 276 valence electrons. The average Bonchev–Trinajstić information content (AvgIpc) is 3.59. The number of aryl methyl sites for hydroxylation is 2. The smallest absolute Gasteiger partial charge is 0.416 e. The number of amides is 2. The Labute approximate surface area is 297 Å². The maximum atomic E-state index is 14.4. The molecule has 1 aliphatic carbocycles. The molecule has 2 aliphatic heterocycles. The Balaban J connectivity index is 0.00000228. The van der Waals surface area contributed by atoms with Crippen molar-refractivity contribution in [2.45, 2.75) is 84.4 Å². The van der Waals surface area contributed by atoms with Crippen LogP contribution in [0.3, 0.4) is 0 Å². The molecule has 1 saturated heterocycles. The SMILES string of the molecule is CC.Cc1cc(C(F)(F)F)ccc1NC(=O)Cn1c2c(c(=O)n3nc(C4=CCOCC4)nc13)C1(CCC2)CCN(C(=O)c2ncnc(C)c2O)CC1. The highest BCUT2D eigenvalue weighted by Gasteiger charge is 2.45. The summed E-state index contributed by atoms with van der Waals surface area (Å²) in [5, 5.41) is 17.8. The lowest BCUT2D eigenvalue weighted by Gasteiger charge is -2.45. The van der Waals surface area contributed by atoms with Crippen LogP contribution in [0.15, 0.2) is 35.4 Å². The number of hydrogen-bond acceptors (Lipinski definition) is 9. The topological polar surface area (TPSA) is 157 Å². The third kappa shape index (κ3) is 6.78. The number of benzene rings is 1. The standard InChI is InChI=1S/C34H35F3N8O5.C2H6/c1-19-16-22(34(35,36)37)5-6-23(19)40-25(46)17-44-24-4-3-9-33(10-12-43(13-11-33)31(49)27-28(47)20(2)38-18-39-27)26(24)30(48)45-32(44)41-29(42-45)21-7-14-50-15-8-21;1-2/h5-7,16,18,47H,3-4,8-15,17H2,1-2H3,(H,40,46);1-2H3. The van der Waals surface area contributed by atoms with Gasteiger partial charge in [0, 0.05) is 35.4 Å². The molecule has 2 N–H and O–H groups in total. The second kappa shape index (κ2) is 14.5. The van der Waals surface area contributed by atoms with Gasteiger partial charge in [0.05, 0.1) is 24.5 Å². The number of carbonyl (C=O) groups is 2. The van der Waals surface area contributed by atoms with Gasteiger partial charge in [-0.15, -0.1) is 5.10 Å². The van der Waals surface area contributed by atoms with Crippen LogP contribution in [-0.2, 0) is 34.1 Å². The number of nitrogens with zero attached hydrogens (tertiary/aromatic N) is 7. The number of halogens is 3. The summed E-state index contributed by atoms with van der Waals surface area (Å²) in [6.45, 7) is 8.28. The number of piperidine rings is 1. The fourth-order valence-electron chi connectivity index (χ4n) is 7.37. The molecule has 0 atom stereocenters. The lowest BCUT2D eigenvalue weighted by molar-refractivity contribution is -0.137. The number of carbonyl (C=O) groups excluding carboxylic acids is 2. The van der Waals surface area contributed by atoms with Gasteiger partial charge in [-0.3, -0.25) is 14.4 Å². The van der Waals surface area contributed by atoms with Crippen molar-refractivity contribution in [1.29, 1.82) is 0 Å². The number of rotatable bonds is 5. The minimum absolute atomic E-state index is 0.0755. The van der Waals surface area contributed by atoms with Crippen LogP contribution >= 0.6 is 0 Å². The highest BCUT2D eigenvalue weighted by molar-refractivity contribution is 5.95. The summed E-state index contributed by atoms with van der Waals surface area (Å²) in [6.07, 6.45) is 1.92. The van der Waals surface area contributed by atoms with Crippen molar-refractivity contribution in [3.8, 4) is 5.75 Å². The molecule has 13 nitrogen and oxygen atoms in total. The molecular formula is C36H41F3N8O5. The lowest BCUT2D eigenvalue weighted by Crippen LogP contribution is -2.50. The maximum Gasteiger partial charge on any atom is 0.416 e. The van der Waals surface area contributed by atoms with Crippen molar-refractivity contribution < 1.29 is 32.6 Å². The van der Waals surface area contributed by atoms with Gasteiger partial charge >= 0.3 is 6.18 Å². The van der Waals surface area contributed by atoms with Crippen LogP contribution in [0.4, 0.5) is 18.9 Å². The summed E-state index contributed by atoms with van der Waals surface area (Å²) >= 11 is 0. The highest BCUT2D eigenvalue weighted by atomic mass is 19.4. The van der Waals surface area contributed by atoms with Crippen LogP contribution in [0.2, 0.25) is 0 Å². The van der Waals surface area contributed by atoms with Gasteiger partial charge in [0.1, 0.15) is 12.9 Å². The van der Waals surface area contributed by atoms with Crippen molar-refractivity contribution in [2.75, 3.05) is 31.6 Å². The van der Waals surface area contributed by atoms with Crippen molar-refractivity contribution in [3.63, 3.8) is 0 Å². The predicted octanol–water partition coefficient (Wildman–Crippen LogP) is 5.00. The van der Waals surface area contributed by atoms with E-state index in [1.165, 1.54) is 23.8 Å². The van der Waals surface area contributed by atoms with Crippen molar-refractivity contribution >= 4 is 28.9 Å². The van der Waals surface area contributed by atoms with Gasteiger partial charge in [0.25, 0.3) is 11.5 Å². The number of alkyl halides is 3. The first-order valence-electron chi connectivity index (χ1n) is 17.4. The molecule has 0 saturated carbocycles. The van der Waals surface area contributed by atoms with E-state index in [0.717, 1.165) is 17.7 Å². The molecule has 3 aromatic heterocycles. The summed E-state index contributed by atoms with van der Waals surface area (Å²) < 4.78 is 48.2. The quantitative estimate of drug-likeness (QED) is 0.289. The van der Waals surface area contributed by atoms with E-state index in [2.05, 4.69) is 20.4 Å². The molecule has 0 bridgehead atoms.